The van der Waals surface area contributed by atoms with Crippen LogP contribution in [0.15, 0.2) is 36.5 Å². The molecule has 132 valence electrons. The number of carbonyl (C=O) groups is 1. The first-order chi connectivity index (χ1) is 11.2. The molecule has 0 rings (SSSR count). The van der Waals surface area contributed by atoms with Crippen molar-refractivity contribution in [2.45, 2.75) is 83.7 Å². The summed E-state index contributed by atoms with van der Waals surface area (Å²) in [6, 6.07) is 0. The van der Waals surface area contributed by atoms with Crippen LogP contribution >= 0.6 is 0 Å². The minimum absolute atomic E-state index is 0.206. The largest absolute Gasteiger partial charge is 0.481 e. The van der Waals surface area contributed by atoms with Gasteiger partial charge < -0.3 is 10.2 Å². The number of aliphatic carboxylic acids is 1. The number of hydrogen-bond donors (Lipinski definition) is 2. The maximum atomic E-state index is 10.3. The molecule has 0 spiro atoms. The number of allylic oxidation sites excluding steroid dienone is 6. The average Bonchev–Trinajstić information content (AvgIpc) is 2.52. The first-order valence-corrected chi connectivity index (χ1v) is 9.01. The van der Waals surface area contributed by atoms with Crippen LogP contribution in [-0.4, -0.2) is 22.3 Å². The van der Waals surface area contributed by atoms with Gasteiger partial charge in [0.1, 0.15) is 0 Å². The second-order valence-corrected chi connectivity index (χ2v) is 5.89. The Bertz CT molecular complexity index is 356. The number of carboxylic acids is 1. The van der Waals surface area contributed by atoms with Crippen molar-refractivity contribution < 1.29 is 15.0 Å². The summed E-state index contributed by atoms with van der Waals surface area (Å²) in [6.07, 6.45) is 22.3. The Labute approximate surface area is 141 Å². The molecular weight excluding hydrogens is 288 g/mol. The standard InChI is InChI=1S/C20H34O3/c1-2-3-4-5-10-13-16-19(21)17-14-11-8-6-7-9-12-15-18-20(22)23/h5,7-11,19,21H,2-4,6,12-18H2,1H3,(H,22,23)/b9-7-,10-5-,11-8-/t19-/m1/s1. The summed E-state index contributed by atoms with van der Waals surface area (Å²) in [7, 11) is 0. The Balaban J connectivity index is 3.45. The summed E-state index contributed by atoms with van der Waals surface area (Å²) < 4.78 is 0. The highest BCUT2D eigenvalue weighted by molar-refractivity contribution is 5.66. The van der Waals surface area contributed by atoms with Gasteiger partial charge in [0.25, 0.3) is 0 Å². The van der Waals surface area contributed by atoms with Gasteiger partial charge in [-0.1, -0.05) is 56.2 Å². The van der Waals surface area contributed by atoms with Crippen LogP contribution in [0.2, 0.25) is 0 Å². The normalized spacial score (nSPS) is 13.5. The fourth-order valence-electron chi connectivity index (χ4n) is 2.16. The van der Waals surface area contributed by atoms with Crippen molar-refractivity contribution >= 4 is 5.97 Å². The fourth-order valence-corrected chi connectivity index (χ4v) is 2.16. The van der Waals surface area contributed by atoms with E-state index in [1.807, 2.05) is 6.08 Å². The lowest BCUT2D eigenvalue weighted by molar-refractivity contribution is -0.137. The zero-order chi connectivity index (χ0) is 17.2. The van der Waals surface area contributed by atoms with Gasteiger partial charge in [0.05, 0.1) is 6.10 Å². The maximum absolute atomic E-state index is 10.3. The molecule has 3 nitrogen and oxygen atoms in total. The molecule has 2 N–H and O–H groups in total. The SMILES string of the molecule is CCCC/C=C\CC[C@@H](O)CC/C=C\C/C=C\CCCC(=O)O. The van der Waals surface area contributed by atoms with Crippen LogP contribution in [0.1, 0.15) is 77.6 Å². The molecule has 23 heavy (non-hydrogen) atoms. The zero-order valence-corrected chi connectivity index (χ0v) is 14.6. The van der Waals surface area contributed by atoms with Crippen LogP contribution < -0.4 is 0 Å². The van der Waals surface area contributed by atoms with Gasteiger partial charge in [0.15, 0.2) is 0 Å². The molecule has 0 radical (unpaired) electrons. The van der Waals surface area contributed by atoms with E-state index in [4.69, 9.17) is 5.11 Å². The fraction of sp³-hybridized carbons (Fsp3) is 0.650. The van der Waals surface area contributed by atoms with E-state index in [0.717, 1.165) is 44.9 Å². The van der Waals surface area contributed by atoms with E-state index in [2.05, 4.69) is 37.3 Å². The van der Waals surface area contributed by atoms with Gasteiger partial charge in [-0.3, -0.25) is 4.79 Å². The molecule has 0 saturated heterocycles. The van der Waals surface area contributed by atoms with Gasteiger partial charge in [0.2, 0.25) is 0 Å². The highest BCUT2D eigenvalue weighted by atomic mass is 16.4. The topological polar surface area (TPSA) is 57.5 Å². The van der Waals surface area contributed by atoms with E-state index < -0.39 is 5.97 Å². The number of unbranched alkanes of at least 4 members (excludes halogenated alkanes) is 3. The number of aliphatic hydroxyl groups excluding tert-OH is 1. The molecule has 0 aliphatic carbocycles. The van der Waals surface area contributed by atoms with Gasteiger partial charge in [-0.15, -0.1) is 0 Å². The second-order valence-electron chi connectivity index (χ2n) is 5.89. The molecule has 0 aliphatic heterocycles. The first-order valence-electron chi connectivity index (χ1n) is 9.01. The monoisotopic (exact) mass is 322 g/mol. The van der Waals surface area contributed by atoms with Crippen molar-refractivity contribution in [1.29, 1.82) is 0 Å². The van der Waals surface area contributed by atoms with Gasteiger partial charge in [0, 0.05) is 6.42 Å². The predicted molar refractivity (Wildman–Crippen MR) is 97.5 cm³/mol. The van der Waals surface area contributed by atoms with Crippen molar-refractivity contribution in [2.75, 3.05) is 0 Å². The second kappa shape index (κ2) is 17.0. The maximum Gasteiger partial charge on any atom is 0.303 e. The lowest BCUT2D eigenvalue weighted by Gasteiger charge is -2.06. The lowest BCUT2D eigenvalue weighted by Crippen LogP contribution is -2.04. The van der Waals surface area contributed by atoms with E-state index in [1.54, 1.807) is 0 Å². The Hall–Kier alpha value is -1.35. The number of aliphatic hydroxyl groups is 1. The van der Waals surface area contributed by atoms with Crippen molar-refractivity contribution in [3.8, 4) is 0 Å². The van der Waals surface area contributed by atoms with Crippen molar-refractivity contribution in [3.05, 3.63) is 36.5 Å². The van der Waals surface area contributed by atoms with E-state index in [0.29, 0.717) is 6.42 Å². The highest BCUT2D eigenvalue weighted by Gasteiger charge is 2.00. The van der Waals surface area contributed by atoms with Gasteiger partial charge in [-0.2, -0.15) is 0 Å². The number of hydrogen-bond acceptors (Lipinski definition) is 2. The lowest BCUT2D eigenvalue weighted by atomic mass is 10.1. The minimum atomic E-state index is -0.728. The summed E-state index contributed by atoms with van der Waals surface area (Å²) in [5, 5.41) is 18.4. The zero-order valence-electron chi connectivity index (χ0n) is 14.6. The molecule has 1 atom stereocenters. The summed E-state index contributed by atoms with van der Waals surface area (Å²) >= 11 is 0. The smallest absolute Gasteiger partial charge is 0.303 e. The first kappa shape index (κ1) is 21.6. The third-order valence-corrected chi connectivity index (χ3v) is 3.59. The average molecular weight is 322 g/mol. The van der Waals surface area contributed by atoms with Gasteiger partial charge in [-0.05, 0) is 51.4 Å². The van der Waals surface area contributed by atoms with Gasteiger partial charge >= 0.3 is 5.97 Å². The molecule has 0 aromatic carbocycles. The molecule has 0 aliphatic rings. The molecule has 0 aromatic heterocycles. The van der Waals surface area contributed by atoms with Crippen LogP contribution in [0.5, 0.6) is 0 Å². The molecular formula is C20H34O3. The van der Waals surface area contributed by atoms with Crippen molar-refractivity contribution in [3.63, 3.8) is 0 Å². The molecule has 0 heterocycles. The van der Waals surface area contributed by atoms with E-state index in [-0.39, 0.29) is 12.5 Å². The Morgan fingerprint density at radius 2 is 1.39 bits per heavy atom. The molecule has 0 unspecified atom stereocenters. The number of rotatable bonds is 15. The van der Waals surface area contributed by atoms with Crippen LogP contribution in [0.25, 0.3) is 0 Å². The summed E-state index contributed by atoms with van der Waals surface area (Å²) in [4.78, 5) is 10.3. The van der Waals surface area contributed by atoms with Crippen LogP contribution in [0.3, 0.4) is 0 Å². The van der Waals surface area contributed by atoms with Gasteiger partial charge in [-0.25, -0.2) is 0 Å². The van der Waals surface area contributed by atoms with Crippen LogP contribution in [-0.2, 0) is 4.79 Å². The molecule has 0 saturated carbocycles. The van der Waals surface area contributed by atoms with E-state index >= 15 is 0 Å². The predicted octanol–water partition coefficient (Wildman–Crippen LogP) is 5.41. The highest BCUT2D eigenvalue weighted by Crippen LogP contribution is 2.07. The Morgan fingerprint density at radius 1 is 0.870 bits per heavy atom. The molecule has 3 heteroatoms. The van der Waals surface area contributed by atoms with E-state index in [9.17, 15) is 9.90 Å². The Kier molecular flexibility index (Phi) is 16.0. The van der Waals surface area contributed by atoms with Crippen molar-refractivity contribution in [1.82, 2.24) is 0 Å². The molecule has 0 bridgehead atoms. The minimum Gasteiger partial charge on any atom is -0.481 e. The quantitative estimate of drug-likeness (QED) is 0.313. The van der Waals surface area contributed by atoms with E-state index in [1.165, 1.54) is 12.8 Å². The van der Waals surface area contributed by atoms with Crippen molar-refractivity contribution in [2.24, 2.45) is 0 Å². The third kappa shape index (κ3) is 18.6. The molecule has 0 fully saturated rings. The summed E-state index contributed by atoms with van der Waals surface area (Å²) in [6.45, 7) is 2.19. The molecule has 0 aromatic rings. The Morgan fingerprint density at radius 3 is 2.00 bits per heavy atom. The van der Waals surface area contributed by atoms with Crippen LogP contribution in [0, 0.1) is 0 Å². The summed E-state index contributed by atoms with van der Waals surface area (Å²) in [5.41, 5.74) is 0. The molecule has 0 amide bonds. The number of carboxylic acid groups (broad SMARTS) is 1. The van der Waals surface area contributed by atoms with Crippen LogP contribution in [0.4, 0.5) is 0 Å². The summed E-state index contributed by atoms with van der Waals surface area (Å²) in [5.74, 6) is -0.728. The third-order valence-electron chi connectivity index (χ3n) is 3.59.